The van der Waals surface area contributed by atoms with Crippen LogP contribution in [0.4, 0.5) is 5.00 Å². The van der Waals surface area contributed by atoms with Gasteiger partial charge < -0.3 is 14.5 Å². The van der Waals surface area contributed by atoms with Gasteiger partial charge in [0.05, 0.1) is 18.4 Å². The molecule has 1 aliphatic carbocycles. The summed E-state index contributed by atoms with van der Waals surface area (Å²) in [5, 5.41) is 3.77. The Hall–Kier alpha value is -3.12. The summed E-state index contributed by atoms with van der Waals surface area (Å²) in [4.78, 5) is 19.4. The fourth-order valence-electron chi connectivity index (χ4n) is 4.30. The number of para-hydroxylation sites is 1. The van der Waals surface area contributed by atoms with Gasteiger partial charge in [-0.3, -0.25) is 4.79 Å². The Bertz CT molecular complexity index is 1170. The summed E-state index contributed by atoms with van der Waals surface area (Å²) < 4.78 is 11.2. The fraction of sp³-hybridized carbons (Fsp3) is 0.357. The number of benzene rings is 1. The number of hydrogen-bond donors (Lipinski definition) is 1. The number of ether oxygens (including phenoxy) is 1. The first-order chi connectivity index (χ1) is 16.4. The molecule has 1 aliphatic rings. The summed E-state index contributed by atoms with van der Waals surface area (Å²) in [6, 6.07) is 11.4. The van der Waals surface area contributed by atoms with E-state index >= 15 is 0 Å². The molecule has 34 heavy (non-hydrogen) atoms. The number of nitrogens with zero attached hydrogens (tertiary/aromatic N) is 1. The van der Waals surface area contributed by atoms with Crippen LogP contribution in [0.15, 0.2) is 64.7 Å². The van der Waals surface area contributed by atoms with Crippen LogP contribution >= 0.6 is 11.3 Å². The molecule has 0 unspecified atom stereocenters. The number of hydrogen-bond acceptors (Lipinski definition) is 5. The predicted octanol–water partition coefficient (Wildman–Crippen LogP) is 6.74. The molecule has 0 spiro atoms. The van der Waals surface area contributed by atoms with Crippen molar-refractivity contribution in [3.63, 3.8) is 0 Å². The Morgan fingerprint density at radius 3 is 2.85 bits per heavy atom. The van der Waals surface area contributed by atoms with Crippen molar-refractivity contribution >= 4 is 28.5 Å². The third-order valence-electron chi connectivity index (χ3n) is 6.30. The van der Waals surface area contributed by atoms with Gasteiger partial charge in [0, 0.05) is 16.7 Å². The summed E-state index contributed by atoms with van der Waals surface area (Å²) in [6.07, 6.45) is 8.08. The monoisotopic (exact) mass is 476 g/mol. The number of thiophene rings is 1. The van der Waals surface area contributed by atoms with Gasteiger partial charge in [-0.05, 0) is 60.4 Å². The van der Waals surface area contributed by atoms with E-state index < -0.39 is 0 Å². The third-order valence-corrected chi connectivity index (χ3v) is 7.46. The Morgan fingerprint density at radius 2 is 2.12 bits per heavy atom. The van der Waals surface area contributed by atoms with Gasteiger partial charge in [-0.2, -0.15) is 0 Å². The zero-order chi connectivity index (χ0) is 24.1. The maximum Gasteiger partial charge on any atom is 0.255 e. The van der Waals surface area contributed by atoms with Gasteiger partial charge in [-0.1, -0.05) is 45.6 Å². The van der Waals surface area contributed by atoms with Crippen LogP contribution in [0.1, 0.15) is 59.3 Å². The van der Waals surface area contributed by atoms with Crippen molar-refractivity contribution in [3.8, 4) is 5.75 Å². The standard InChI is InChI=1S/C28H32N2O3S/c1-5-14-33-23-11-7-6-9-19(23)17-30-27-25(26(31)29-18-21-10-8-15-32-21)22-13-12-20(28(2,3)4)16-24(22)34-27/h5-11,15,17,20H,1,12-14,16,18H2,2-4H3,(H,29,31)/t20-/m1/s1. The lowest BCUT2D eigenvalue weighted by atomic mass is 9.72. The highest BCUT2D eigenvalue weighted by atomic mass is 32.1. The molecule has 1 aromatic carbocycles. The van der Waals surface area contributed by atoms with Gasteiger partial charge in [0.15, 0.2) is 0 Å². The highest BCUT2D eigenvalue weighted by Gasteiger charge is 2.33. The molecule has 1 N–H and O–H groups in total. The highest BCUT2D eigenvalue weighted by Crippen LogP contribution is 2.45. The van der Waals surface area contributed by atoms with Crippen molar-refractivity contribution in [3.05, 3.63) is 82.6 Å². The fourth-order valence-corrected chi connectivity index (χ4v) is 5.57. The van der Waals surface area contributed by atoms with Gasteiger partial charge in [0.1, 0.15) is 23.1 Å². The zero-order valence-electron chi connectivity index (χ0n) is 20.1. The number of amides is 1. The second-order valence-corrected chi connectivity index (χ2v) is 10.7. The van der Waals surface area contributed by atoms with Crippen LogP contribution in [-0.4, -0.2) is 18.7 Å². The van der Waals surface area contributed by atoms with Crippen LogP contribution in [0.3, 0.4) is 0 Å². The second-order valence-electron chi connectivity index (χ2n) is 9.65. The first kappa shape index (κ1) is 24.0. The number of furan rings is 1. The smallest absolute Gasteiger partial charge is 0.255 e. The van der Waals surface area contributed by atoms with Crippen molar-refractivity contribution in [2.75, 3.05) is 6.61 Å². The molecule has 3 aromatic rings. The van der Waals surface area contributed by atoms with Crippen LogP contribution in [-0.2, 0) is 19.4 Å². The number of aliphatic imine (C=N–C) groups is 1. The quantitative estimate of drug-likeness (QED) is 0.289. The van der Waals surface area contributed by atoms with E-state index in [1.54, 1.807) is 29.9 Å². The molecule has 0 bridgehead atoms. The maximum absolute atomic E-state index is 13.3. The van der Waals surface area contributed by atoms with E-state index in [0.717, 1.165) is 46.9 Å². The van der Waals surface area contributed by atoms with Crippen molar-refractivity contribution in [1.29, 1.82) is 0 Å². The molecule has 5 nitrogen and oxygen atoms in total. The van der Waals surface area contributed by atoms with Crippen LogP contribution in [0.5, 0.6) is 5.75 Å². The third kappa shape index (κ3) is 5.50. The average Bonchev–Trinajstić information content (AvgIpc) is 3.47. The molecule has 0 radical (unpaired) electrons. The number of carbonyl (C=O) groups excluding carboxylic acids is 1. The van der Waals surface area contributed by atoms with E-state index in [4.69, 9.17) is 14.1 Å². The number of carbonyl (C=O) groups is 1. The van der Waals surface area contributed by atoms with Crippen molar-refractivity contribution in [1.82, 2.24) is 5.32 Å². The first-order valence-corrected chi connectivity index (χ1v) is 12.5. The summed E-state index contributed by atoms with van der Waals surface area (Å²) in [6.45, 7) is 11.4. The minimum Gasteiger partial charge on any atom is -0.489 e. The molecule has 0 fully saturated rings. The van der Waals surface area contributed by atoms with Crippen molar-refractivity contribution in [2.45, 2.75) is 46.6 Å². The average molecular weight is 477 g/mol. The topological polar surface area (TPSA) is 63.8 Å². The largest absolute Gasteiger partial charge is 0.489 e. The van der Waals surface area contributed by atoms with Crippen LogP contribution in [0, 0.1) is 11.3 Å². The van der Waals surface area contributed by atoms with Crippen molar-refractivity contribution < 1.29 is 13.9 Å². The predicted molar refractivity (Wildman–Crippen MR) is 139 cm³/mol. The molecule has 1 atom stereocenters. The number of fused-ring (bicyclic) bond motifs is 1. The molecule has 2 heterocycles. The first-order valence-electron chi connectivity index (χ1n) is 11.7. The van der Waals surface area contributed by atoms with E-state index in [1.165, 1.54) is 4.88 Å². The van der Waals surface area contributed by atoms with Gasteiger partial charge in [-0.25, -0.2) is 4.99 Å². The van der Waals surface area contributed by atoms with Gasteiger partial charge in [0.25, 0.3) is 5.91 Å². The van der Waals surface area contributed by atoms with E-state index in [0.29, 0.717) is 24.6 Å². The molecule has 1 amide bonds. The molecule has 178 valence electrons. The normalized spacial score (nSPS) is 15.8. The molecule has 4 rings (SSSR count). The summed E-state index contributed by atoms with van der Waals surface area (Å²) in [5.41, 5.74) is 2.93. The molecule has 6 heteroatoms. The number of rotatable bonds is 8. The lowest BCUT2D eigenvalue weighted by Gasteiger charge is -2.33. The van der Waals surface area contributed by atoms with E-state index in [2.05, 4.69) is 32.7 Å². The molecule has 0 saturated carbocycles. The van der Waals surface area contributed by atoms with E-state index in [1.807, 2.05) is 36.4 Å². The van der Waals surface area contributed by atoms with E-state index in [-0.39, 0.29) is 11.3 Å². The molecular weight excluding hydrogens is 444 g/mol. The van der Waals surface area contributed by atoms with Gasteiger partial charge in [-0.15, -0.1) is 11.3 Å². The molecular formula is C28H32N2O3S. The Labute approximate surface area is 205 Å². The maximum atomic E-state index is 13.3. The molecule has 2 aromatic heterocycles. The number of nitrogens with one attached hydrogen (secondary N) is 1. The van der Waals surface area contributed by atoms with Gasteiger partial charge >= 0.3 is 0 Å². The zero-order valence-corrected chi connectivity index (χ0v) is 20.9. The summed E-state index contributed by atoms with van der Waals surface area (Å²) in [5.74, 6) is 1.95. The Balaban J connectivity index is 1.66. The molecule has 0 aliphatic heterocycles. The van der Waals surface area contributed by atoms with Crippen LogP contribution in [0.25, 0.3) is 0 Å². The van der Waals surface area contributed by atoms with E-state index in [9.17, 15) is 4.79 Å². The Morgan fingerprint density at radius 1 is 1.29 bits per heavy atom. The highest BCUT2D eigenvalue weighted by molar-refractivity contribution is 7.16. The summed E-state index contributed by atoms with van der Waals surface area (Å²) in [7, 11) is 0. The SMILES string of the molecule is C=CCOc1ccccc1C=Nc1sc2c(c1C(=O)NCc1ccco1)CC[C@@H](C(C)(C)C)C2. The molecule has 0 saturated heterocycles. The minimum absolute atomic E-state index is 0.105. The second kappa shape index (κ2) is 10.4. The van der Waals surface area contributed by atoms with Crippen LogP contribution < -0.4 is 10.1 Å². The van der Waals surface area contributed by atoms with Crippen LogP contribution in [0.2, 0.25) is 0 Å². The Kier molecular flexibility index (Phi) is 7.37. The van der Waals surface area contributed by atoms with Crippen molar-refractivity contribution in [2.24, 2.45) is 16.3 Å². The van der Waals surface area contributed by atoms with Gasteiger partial charge in [0.2, 0.25) is 0 Å². The minimum atomic E-state index is -0.105. The lowest BCUT2D eigenvalue weighted by molar-refractivity contribution is 0.0947. The summed E-state index contributed by atoms with van der Waals surface area (Å²) >= 11 is 1.64. The lowest BCUT2D eigenvalue weighted by Crippen LogP contribution is -2.28.